The van der Waals surface area contributed by atoms with E-state index in [2.05, 4.69) is 16.0 Å². The first kappa shape index (κ1) is 21.6. The standard InChI is InChI=1S/C22H18ClN3O6S/c23-12-3-6-16-15(8-12)22(19(28)25-20(29)26-22)9-14(32-16)10-31-13-4-1-11(2-5-13)7-17-18(27)24-21(30)33-17/h1,3-8,14,17H,2,9-10H2,(H,24,27,30)(H2,25,26,28,29). The van der Waals surface area contributed by atoms with Crippen molar-refractivity contribution in [2.75, 3.05) is 6.61 Å². The second-order valence-electron chi connectivity index (χ2n) is 7.91. The molecule has 11 heteroatoms. The van der Waals surface area contributed by atoms with E-state index >= 15 is 0 Å². The maximum absolute atomic E-state index is 12.7. The molecule has 2 fully saturated rings. The van der Waals surface area contributed by atoms with Gasteiger partial charge < -0.3 is 14.8 Å². The Hall–Kier alpha value is -3.24. The Kier molecular flexibility index (Phi) is 5.41. The lowest BCUT2D eigenvalue weighted by Crippen LogP contribution is -2.51. The third-order valence-electron chi connectivity index (χ3n) is 5.69. The Bertz CT molecular complexity index is 1180. The zero-order valence-electron chi connectivity index (χ0n) is 17.1. The molecule has 3 aliphatic heterocycles. The van der Waals surface area contributed by atoms with E-state index < -0.39 is 28.8 Å². The van der Waals surface area contributed by atoms with Gasteiger partial charge in [0, 0.05) is 17.0 Å². The fraction of sp³-hybridized carbons (Fsp3) is 0.273. The van der Waals surface area contributed by atoms with Gasteiger partial charge in [0.1, 0.15) is 29.5 Å². The van der Waals surface area contributed by atoms with Crippen LogP contribution in [0.4, 0.5) is 9.59 Å². The van der Waals surface area contributed by atoms with Crippen LogP contribution in [-0.4, -0.2) is 41.0 Å². The van der Waals surface area contributed by atoms with Crippen molar-refractivity contribution in [2.45, 2.75) is 29.7 Å². The van der Waals surface area contributed by atoms with E-state index in [0.717, 1.165) is 17.3 Å². The molecule has 5 rings (SSSR count). The number of carbonyl (C=O) groups excluding carboxylic acids is 4. The highest BCUT2D eigenvalue weighted by Gasteiger charge is 2.53. The van der Waals surface area contributed by atoms with Gasteiger partial charge >= 0.3 is 6.03 Å². The fourth-order valence-electron chi connectivity index (χ4n) is 4.17. The van der Waals surface area contributed by atoms with E-state index in [4.69, 9.17) is 21.1 Å². The molecule has 33 heavy (non-hydrogen) atoms. The van der Waals surface area contributed by atoms with Crippen molar-refractivity contribution >= 4 is 46.4 Å². The van der Waals surface area contributed by atoms with E-state index in [1.165, 1.54) is 0 Å². The quantitative estimate of drug-likeness (QED) is 0.558. The summed E-state index contributed by atoms with van der Waals surface area (Å²) in [6, 6.07) is 4.38. The van der Waals surface area contributed by atoms with E-state index in [1.807, 2.05) is 12.2 Å². The lowest BCUT2D eigenvalue weighted by atomic mass is 9.82. The van der Waals surface area contributed by atoms with Crippen LogP contribution in [0.25, 0.3) is 0 Å². The lowest BCUT2D eigenvalue weighted by molar-refractivity contribution is -0.126. The van der Waals surface area contributed by atoms with Crippen molar-refractivity contribution in [2.24, 2.45) is 0 Å². The number of allylic oxidation sites excluding steroid dienone is 4. The number of benzene rings is 1. The smallest absolute Gasteiger partial charge is 0.322 e. The van der Waals surface area contributed by atoms with Gasteiger partial charge in [0.15, 0.2) is 5.54 Å². The topological polar surface area (TPSA) is 123 Å². The zero-order chi connectivity index (χ0) is 23.2. The van der Waals surface area contributed by atoms with Crippen molar-refractivity contribution in [1.29, 1.82) is 0 Å². The molecule has 1 spiro atoms. The maximum atomic E-state index is 12.7. The number of amides is 5. The molecule has 3 atom stereocenters. The molecule has 0 bridgehead atoms. The molecule has 1 aliphatic carbocycles. The summed E-state index contributed by atoms with van der Waals surface area (Å²) in [4.78, 5) is 47.6. The minimum absolute atomic E-state index is 0.150. The van der Waals surface area contributed by atoms with Crippen LogP contribution in [0.15, 0.2) is 53.8 Å². The Morgan fingerprint density at radius 2 is 2.06 bits per heavy atom. The number of carbonyl (C=O) groups is 4. The number of hydrogen-bond acceptors (Lipinski definition) is 7. The summed E-state index contributed by atoms with van der Waals surface area (Å²) in [6.45, 7) is 0.150. The van der Waals surface area contributed by atoms with E-state index in [0.29, 0.717) is 28.5 Å². The largest absolute Gasteiger partial charge is 0.490 e. The summed E-state index contributed by atoms with van der Waals surface area (Å²) in [5, 5.41) is 6.84. The van der Waals surface area contributed by atoms with Gasteiger partial charge in [-0.05, 0) is 54.1 Å². The maximum Gasteiger partial charge on any atom is 0.322 e. The van der Waals surface area contributed by atoms with Crippen molar-refractivity contribution in [3.8, 4) is 5.75 Å². The van der Waals surface area contributed by atoms with Crippen molar-refractivity contribution in [3.05, 3.63) is 64.4 Å². The second kappa shape index (κ2) is 8.27. The Morgan fingerprint density at radius 3 is 2.73 bits per heavy atom. The number of thioether (sulfide) groups is 1. The highest BCUT2D eigenvalue weighted by atomic mass is 35.5. The minimum atomic E-state index is -1.27. The van der Waals surface area contributed by atoms with Crippen molar-refractivity contribution < 1.29 is 28.7 Å². The third-order valence-corrected chi connectivity index (χ3v) is 6.85. The number of hydrogen-bond donors (Lipinski definition) is 3. The van der Waals surface area contributed by atoms with Crippen molar-refractivity contribution in [3.63, 3.8) is 0 Å². The van der Waals surface area contributed by atoms with Gasteiger partial charge in [-0.2, -0.15) is 0 Å². The summed E-state index contributed by atoms with van der Waals surface area (Å²) in [7, 11) is 0. The van der Waals surface area contributed by atoms with Gasteiger partial charge in [-0.1, -0.05) is 23.8 Å². The predicted octanol–water partition coefficient (Wildman–Crippen LogP) is 2.66. The number of halogens is 1. The van der Waals surface area contributed by atoms with Crippen LogP contribution >= 0.6 is 23.4 Å². The Balaban J connectivity index is 1.26. The molecule has 0 radical (unpaired) electrons. The summed E-state index contributed by atoms with van der Waals surface area (Å²) in [6.07, 6.45) is 7.44. The first-order valence-corrected chi connectivity index (χ1v) is 11.4. The predicted molar refractivity (Wildman–Crippen MR) is 120 cm³/mol. The van der Waals surface area contributed by atoms with Crippen LogP contribution in [0.2, 0.25) is 5.02 Å². The summed E-state index contributed by atoms with van der Waals surface area (Å²) in [5.74, 6) is 0.302. The van der Waals surface area contributed by atoms with Gasteiger partial charge in [-0.3, -0.25) is 25.0 Å². The van der Waals surface area contributed by atoms with E-state index in [-0.39, 0.29) is 24.2 Å². The third kappa shape index (κ3) is 4.11. The van der Waals surface area contributed by atoms with Crippen molar-refractivity contribution in [1.82, 2.24) is 16.0 Å². The molecule has 4 aliphatic rings. The van der Waals surface area contributed by atoms with Crippen LogP contribution in [-0.2, 0) is 19.9 Å². The second-order valence-corrected chi connectivity index (χ2v) is 9.46. The molecule has 1 aromatic rings. The summed E-state index contributed by atoms with van der Waals surface area (Å²) in [5.41, 5.74) is 0.134. The monoisotopic (exact) mass is 487 g/mol. The number of ether oxygens (including phenoxy) is 2. The van der Waals surface area contributed by atoms with Gasteiger partial charge in [0.05, 0.1) is 0 Å². The van der Waals surface area contributed by atoms with Crippen LogP contribution in [0.1, 0.15) is 18.4 Å². The molecule has 5 amide bonds. The molecular weight excluding hydrogens is 470 g/mol. The Morgan fingerprint density at radius 1 is 1.21 bits per heavy atom. The number of fused-ring (bicyclic) bond motifs is 2. The van der Waals surface area contributed by atoms with Crippen LogP contribution in [0.3, 0.4) is 0 Å². The van der Waals surface area contributed by atoms with Crippen LogP contribution < -0.4 is 20.7 Å². The Labute approximate surface area is 197 Å². The van der Waals surface area contributed by atoms with E-state index in [1.54, 1.807) is 30.4 Å². The molecule has 2 saturated heterocycles. The average molecular weight is 488 g/mol. The highest BCUT2D eigenvalue weighted by Crippen LogP contribution is 2.42. The molecule has 3 N–H and O–H groups in total. The molecule has 0 aromatic heterocycles. The number of rotatable bonds is 4. The molecule has 3 heterocycles. The summed E-state index contributed by atoms with van der Waals surface area (Å²) >= 11 is 7.07. The first-order chi connectivity index (χ1) is 15.8. The lowest BCUT2D eigenvalue weighted by Gasteiger charge is -2.37. The number of imide groups is 2. The minimum Gasteiger partial charge on any atom is -0.490 e. The van der Waals surface area contributed by atoms with Gasteiger partial charge in [0.25, 0.3) is 11.1 Å². The molecule has 170 valence electrons. The molecular formula is C22H18ClN3O6S. The zero-order valence-corrected chi connectivity index (χ0v) is 18.6. The van der Waals surface area contributed by atoms with Gasteiger partial charge in [0.2, 0.25) is 5.91 Å². The van der Waals surface area contributed by atoms with Gasteiger partial charge in [-0.25, -0.2) is 4.79 Å². The summed E-state index contributed by atoms with van der Waals surface area (Å²) < 4.78 is 11.9. The molecule has 9 nitrogen and oxygen atoms in total. The average Bonchev–Trinajstić information content (AvgIpc) is 3.24. The number of nitrogens with one attached hydrogen (secondary N) is 3. The molecule has 3 unspecified atom stereocenters. The van der Waals surface area contributed by atoms with Crippen LogP contribution in [0.5, 0.6) is 5.75 Å². The first-order valence-electron chi connectivity index (χ1n) is 10.2. The fourth-order valence-corrected chi connectivity index (χ4v) is 5.14. The number of urea groups is 1. The van der Waals surface area contributed by atoms with E-state index in [9.17, 15) is 19.2 Å². The normalized spacial score (nSPS) is 29.4. The van der Waals surface area contributed by atoms with Crippen LogP contribution in [0, 0.1) is 0 Å². The SMILES string of the molecule is O=C1NC(=O)C2(CC(COC3=CCC(=CC4SC(=O)NC4=O)C=C3)Oc3ccc(Cl)cc32)N1. The molecule has 0 saturated carbocycles. The highest BCUT2D eigenvalue weighted by molar-refractivity contribution is 8.15. The van der Waals surface area contributed by atoms with Gasteiger partial charge in [-0.15, -0.1) is 0 Å². The molecule has 1 aromatic carbocycles.